The zero-order chi connectivity index (χ0) is 28.8. The molecular weight excluding hydrogens is 518 g/mol. The van der Waals surface area contributed by atoms with E-state index >= 15 is 0 Å². The van der Waals surface area contributed by atoms with Gasteiger partial charge in [-0.15, -0.1) is 0 Å². The maximum atomic E-state index is 13.2. The van der Waals surface area contributed by atoms with E-state index in [1.54, 1.807) is 28.6 Å². The fraction of sp³-hybridized carbons (Fsp3) is 0.312. The summed E-state index contributed by atoms with van der Waals surface area (Å²) in [4.78, 5) is 44.0. The Morgan fingerprint density at radius 3 is 2.46 bits per heavy atom. The van der Waals surface area contributed by atoms with Crippen LogP contribution in [0.2, 0.25) is 0 Å². The molecule has 9 nitrogen and oxygen atoms in total. The van der Waals surface area contributed by atoms with Crippen molar-refractivity contribution in [2.75, 3.05) is 17.3 Å². The van der Waals surface area contributed by atoms with E-state index in [0.29, 0.717) is 36.0 Å². The number of amides is 3. The number of anilines is 2. The minimum atomic E-state index is -0.453. The van der Waals surface area contributed by atoms with Gasteiger partial charge in [-0.2, -0.15) is 0 Å². The molecule has 0 radical (unpaired) electrons. The van der Waals surface area contributed by atoms with Gasteiger partial charge in [0.15, 0.2) is 0 Å². The van der Waals surface area contributed by atoms with E-state index in [-0.39, 0.29) is 24.8 Å². The molecule has 1 fully saturated rings. The second-order valence-electron chi connectivity index (χ2n) is 10.5. The van der Waals surface area contributed by atoms with Crippen molar-refractivity contribution in [1.82, 2.24) is 9.55 Å². The molecule has 3 N–H and O–H groups in total. The summed E-state index contributed by atoms with van der Waals surface area (Å²) < 4.78 is 7.55. The first-order valence-corrected chi connectivity index (χ1v) is 14.0. The number of aromatic nitrogens is 2. The molecule has 0 unspecified atom stereocenters. The van der Waals surface area contributed by atoms with Crippen molar-refractivity contribution in [3.8, 4) is 5.75 Å². The predicted octanol–water partition coefficient (Wildman–Crippen LogP) is 5.29. The van der Waals surface area contributed by atoms with E-state index in [9.17, 15) is 14.4 Å². The number of aryl methyl sites for hydroxylation is 1. The van der Waals surface area contributed by atoms with Crippen LogP contribution in [0.25, 0.3) is 11.0 Å². The molecule has 0 bridgehead atoms. The van der Waals surface area contributed by atoms with Crippen molar-refractivity contribution in [3.63, 3.8) is 0 Å². The lowest BCUT2D eigenvalue weighted by Crippen LogP contribution is -2.27. The van der Waals surface area contributed by atoms with Gasteiger partial charge in [0.05, 0.1) is 11.0 Å². The molecule has 41 heavy (non-hydrogen) atoms. The van der Waals surface area contributed by atoms with Gasteiger partial charge in [0.25, 0.3) is 5.91 Å². The third kappa shape index (κ3) is 6.92. The highest BCUT2D eigenvalue weighted by molar-refractivity contribution is 6.04. The maximum Gasteiger partial charge on any atom is 0.257 e. The van der Waals surface area contributed by atoms with Crippen LogP contribution in [0.5, 0.6) is 5.75 Å². The molecule has 5 rings (SSSR count). The lowest BCUT2D eigenvalue weighted by molar-refractivity contribution is -0.119. The zero-order valence-corrected chi connectivity index (χ0v) is 23.2. The van der Waals surface area contributed by atoms with Crippen molar-refractivity contribution < 1.29 is 19.1 Å². The SMILES string of the molecule is CN(C(=O)CC1CCCC1)c1ccc2c(c1)nc(NC(=O)c1ccc(COc3ccccc3)cc1)n2CCC(N)=O. The Labute approximate surface area is 239 Å². The van der Waals surface area contributed by atoms with Crippen LogP contribution in [0.3, 0.4) is 0 Å². The molecule has 0 saturated heterocycles. The molecule has 1 aromatic heterocycles. The van der Waals surface area contributed by atoms with Crippen LogP contribution in [0, 0.1) is 5.92 Å². The summed E-state index contributed by atoms with van der Waals surface area (Å²) in [6.45, 7) is 0.641. The number of para-hydroxylation sites is 1. The number of fused-ring (bicyclic) bond motifs is 1. The number of ether oxygens (including phenoxy) is 1. The van der Waals surface area contributed by atoms with Gasteiger partial charge in [0, 0.05) is 37.7 Å². The van der Waals surface area contributed by atoms with E-state index in [1.807, 2.05) is 60.7 Å². The van der Waals surface area contributed by atoms with E-state index in [2.05, 4.69) is 10.3 Å². The Kier molecular flexibility index (Phi) is 8.62. The molecule has 1 heterocycles. The highest BCUT2D eigenvalue weighted by atomic mass is 16.5. The summed E-state index contributed by atoms with van der Waals surface area (Å²) in [7, 11) is 1.78. The summed E-state index contributed by atoms with van der Waals surface area (Å²) in [6, 6.07) is 22.2. The highest BCUT2D eigenvalue weighted by Crippen LogP contribution is 2.30. The number of hydrogen-bond acceptors (Lipinski definition) is 5. The van der Waals surface area contributed by atoms with Gasteiger partial charge in [-0.1, -0.05) is 43.2 Å². The van der Waals surface area contributed by atoms with E-state index < -0.39 is 5.91 Å². The van der Waals surface area contributed by atoms with Crippen molar-refractivity contribution in [1.29, 1.82) is 0 Å². The monoisotopic (exact) mass is 553 g/mol. The predicted molar refractivity (Wildman–Crippen MR) is 159 cm³/mol. The molecule has 9 heteroatoms. The number of nitrogens with two attached hydrogens (primary N) is 1. The van der Waals surface area contributed by atoms with Gasteiger partial charge in [-0.25, -0.2) is 4.98 Å². The smallest absolute Gasteiger partial charge is 0.257 e. The van der Waals surface area contributed by atoms with Gasteiger partial charge in [0.2, 0.25) is 17.8 Å². The molecule has 0 atom stereocenters. The first kappa shape index (κ1) is 27.9. The number of imidazole rings is 1. The molecule has 1 aliphatic rings. The highest BCUT2D eigenvalue weighted by Gasteiger charge is 2.22. The second kappa shape index (κ2) is 12.7. The van der Waals surface area contributed by atoms with Crippen LogP contribution in [-0.2, 0) is 22.7 Å². The number of nitrogens with zero attached hydrogens (tertiary/aromatic N) is 3. The minimum absolute atomic E-state index is 0.0792. The van der Waals surface area contributed by atoms with Gasteiger partial charge < -0.3 is 19.9 Å². The first-order chi connectivity index (χ1) is 19.9. The Bertz CT molecular complexity index is 1530. The third-order valence-corrected chi connectivity index (χ3v) is 7.60. The molecule has 3 amide bonds. The molecule has 4 aromatic rings. The zero-order valence-electron chi connectivity index (χ0n) is 23.2. The molecule has 1 saturated carbocycles. The van der Waals surface area contributed by atoms with Gasteiger partial charge in [-0.3, -0.25) is 19.7 Å². The molecular formula is C32H35N5O4. The number of hydrogen-bond donors (Lipinski definition) is 2. The van der Waals surface area contributed by atoms with Crippen molar-refractivity contribution in [2.24, 2.45) is 11.7 Å². The van der Waals surface area contributed by atoms with Gasteiger partial charge in [0.1, 0.15) is 12.4 Å². The number of primary amides is 1. The van der Waals surface area contributed by atoms with E-state index in [4.69, 9.17) is 10.5 Å². The Balaban J connectivity index is 1.32. The maximum absolute atomic E-state index is 13.2. The van der Waals surface area contributed by atoms with Gasteiger partial charge in [-0.05, 0) is 66.8 Å². The summed E-state index contributed by atoms with van der Waals surface area (Å²) in [5.41, 5.74) is 8.88. The number of nitrogens with one attached hydrogen (secondary N) is 1. The standard InChI is InChI=1S/C32H35N5O4/c1-36(30(39)19-22-7-5-6-8-22)25-15-16-28-27(20-25)34-32(37(28)18-17-29(33)38)35-31(40)24-13-11-23(12-14-24)21-41-26-9-3-2-4-10-26/h2-4,9-16,20,22H,5-8,17-19,21H2,1H3,(H2,33,38)(H,34,35,40). The minimum Gasteiger partial charge on any atom is -0.489 e. The van der Waals surface area contributed by atoms with Crippen molar-refractivity contribution in [2.45, 2.75) is 51.7 Å². The van der Waals surface area contributed by atoms with E-state index in [0.717, 1.165) is 35.4 Å². The van der Waals surface area contributed by atoms with Crippen LogP contribution in [0.4, 0.5) is 11.6 Å². The topological polar surface area (TPSA) is 120 Å². The van der Waals surface area contributed by atoms with Crippen molar-refractivity contribution in [3.05, 3.63) is 83.9 Å². The summed E-state index contributed by atoms with van der Waals surface area (Å²) >= 11 is 0. The number of carbonyl (C=O) groups excluding carboxylic acids is 3. The normalized spacial score (nSPS) is 13.3. The molecule has 0 spiro atoms. The number of rotatable bonds is 11. The third-order valence-electron chi connectivity index (χ3n) is 7.60. The Morgan fingerprint density at radius 1 is 1.02 bits per heavy atom. The molecule has 3 aromatic carbocycles. The number of benzene rings is 3. The van der Waals surface area contributed by atoms with E-state index in [1.165, 1.54) is 12.8 Å². The fourth-order valence-electron chi connectivity index (χ4n) is 5.22. The van der Waals surface area contributed by atoms with Crippen LogP contribution in [0.15, 0.2) is 72.8 Å². The average molecular weight is 554 g/mol. The fourth-order valence-corrected chi connectivity index (χ4v) is 5.22. The lowest BCUT2D eigenvalue weighted by Gasteiger charge is -2.19. The van der Waals surface area contributed by atoms with Crippen LogP contribution < -0.4 is 20.7 Å². The molecule has 1 aliphatic carbocycles. The first-order valence-electron chi connectivity index (χ1n) is 14.0. The molecule has 212 valence electrons. The van der Waals surface area contributed by atoms with Crippen LogP contribution in [-0.4, -0.2) is 34.3 Å². The largest absolute Gasteiger partial charge is 0.489 e. The summed E-state index contributed by atoms with van der Waals surface area (Å²) in [6.07, 6.45) is 5.23. The molecule has 0 aliphatic heterocycles. The average Bonchev–Trinajstić information content (AvgIpc) is 3.62. The number of carbonyl (C=O) groups is 3. The van der Waals surface area contributed by atoms with Crippen molar-refractivity contribution >= 4 is 40.4 Å². The summed E-state index contributed by atoms with van der Waals surface area (Å²) in [5.74, 6) is 0.826. The Morgan fingerprint density at radius 2 is 1.76 bits per heavy atom. The second-order valence-corrected chi connectivity index (χ2v) is 10.5. The Hall–Kier alpha value is -4.66. The van der Waals surface area contributed by atoms with Crippen LogP contribution in [0.1, 0.15) is 54.4 Å². The van der Waals surface area contributed by atoms with Gasteiger partial charge >= 0.3 is 0 Å². The quantitative estimate of drug-likeness (QED) is 0.262. The van der Waals surface area contributed by atoms with Crippen LogP contribution >= 0.6 is 0 Å². The lowest BCUT2D eigenvalue weighted by atomic mass is 10.0. The summed E-state index contributed by atoms with van der Waals surface area (Å²) in [5, 5.41) is 2.89.